The second-order valence-electron chi connectivity index (χ2n) is 8.38. The Balaban J connectivity index is 1.50. The summed E-state index contributed by atoms with van der Waals surface area (Å²) in [5.41, 5.74) is 3.30. The molecule has 2 aliphatic heterocycles. The van der Waals surface area contributed by atoms with E-state index in [4.69, 9.17) is 0 Å². The largest absolute Gasteiger partial charge is 0.480 e. The SMILES string of the molecule is O=C(O)[C@@H]1CCCN1C(=O)[C@@H]1Cc2ccccc2CN1C(=O)CCCc1ccccc1. The smallest absolute Gasteiger partial charge is 0.326 e. The molecule has 2 aliphatic rings. The second kappa shape index (κ2) is 9.33. The number of nitrogens with zero attached hydrogens (tertiary/aromatic N) is 2. The molecule has 6 heteroatoms. The molecule has 0 spiro atoms. The van der Waals surface area contributed by atoms with Crippen LogP contribution in [0.4, 0.5) is 0 Å². The molecule has 0 aromatic heterocycles. The molecule has 0 aliphatic carbocycles. The number of aryl methyl sites for hydroxylation is 1. The van der Waals surface area contributed by atoms with Gasteiger partial charge in [0, 0.05) is 25.9 Å². The van der Waals surface area contributed by atoms with Crippen LogP contribution >= 0.6 is 0 Å². The van der Waals surface area contributed by atoms with Crippen LogP contribution < -0.4 is 0 Å². The van der Waals surface area contributed by atoms with Crippen LogP contribution in [0, 0.1) is 0 Å². The molecule has 6 nitrogen and oxygen atoms in total. The van der Waals surface area contributed by atoms with Gasteiger partial charge in [-0.05, 0) is 42.4 Å². The number of carbonyl (C=O) groups excluding carboxylic acids is 2. The van der Waals surface area contributed by atoms with Crippen molar-refractivity contribution in [1.29, 1.82) is 0 Å². The van der Waals surface area contributed by atoms with Crippen molar-refractivity contribution in [2.45, 2.75) is 57.2 Å². The van der Waals surface area contributed by atoms with Gasteiger partial charge in [-0.3, -0.25) is 9.59 Å². The Bertz CT molecular complexity index is 959. The van der Waals surface area contributed by atoms with E-state index in [-0.39, 0.29) is 11.8 Å². The van der Waals surface area contributed by atoms with Crippen molar-refractivity contribution in [1.82, 2.24) is 9.80 Å². The lowest BCUT2D eigenvalue weighted by molar-refractivity contribution is -0.153. The Morgan fingerprint density at radius 2 is 1.61 bits per heavy atom. The molecular formula is C25H28N2O4. The number of fused-ring (bicyclic) bond motifs is 1. The molecule has 2 aromatic carbocycles. The van der Waals surface area contributed by atoms with E-state index < -0.39 is 18.1 Å². The highest BCUT2D eigenvalue weighted by molar-refractivity contribution is 5.91. The van der Waals surface area contributed by atoms with E-state index in [1.165, 1.54) is 10.5 Å². The van der Waals surface area contributed by atoms with E-state index in [1.807, 2.05) is 54.6 Å². The molecule has 0 bridgehead atoms. The van der Waals surface area contributed by atoms with E-state index in [0.29, 0.717) is 45.2 Å². The lowest BCUT2D eigenvalue weighted by Gasteiger charge is -2.38. The molecule has 0 unspecified atom stereocenters. The number of hydrogen-bond acceptors (Lipinski definition) is 3. The summed E-state index contributed by atoms with van der Waals surface area (Å²) in [6.45, 7) is 0.826. The number of likely N-dealkylation sites (tertiary alicyclic amines) is 1. The third kappa shape index (κ3) is 4.63. The molecule has 2 atom stereocenters. The van der Waals surface area contributed by atoms with Gasteiger partial charge in [-0.25, -0.2) is 4.79 Å². The van der Waals surface area contributed by atoms with Crippen molar-refractivity contribution in [2.75, 3.05) is 6.54 Å². The molecular weight excluding hydrogens is 392 g/mol. The number of benzene rings is 2. The minimum atomic E-state index is -0.970. The lowest BCUT2D eigenvalue weighted by Crippen LogP contribution is -2.55. The normalized spacial score (nSPS) is 20.4. The predicted molar refractivity (Wildman–Crippen MR) is 116 cm³/mol. The third-order valence-electron chi connectivity index (χ3n) is 6.37. The van der Waals surface area contributed by atoms with E-state index in [1.54, 1.807) is 4.90 Å². The quantitative estimate of drug-likeness (QED) is 0.779. The highest BCUT2D eigenvalue weighted by Crippen LogP contribution is 2.28. The molecule has 4 rings (SSSR count). The van der Waals surface area contributed by atoms with Crippen LogP contribution in [0.2, 0.25) is 0 Å². The Kier molecular flexibility index (Phi) is 6.35. The monoisotopic (exact) mass is 420 g/mol. The topological polar surface area (TPSA) is 77.9 Å². The first-order valence-corrected chi connectivity index (χ1v) is 11.0. The number of carboxylic acid groups (broad SMARTS) is 1. The van der Waals surface area contributed by atoms with Crippen molar-refractivity contribution in [3.05, 3.63) is 71.3 Å². The molecule has 162 valence electrons. The van der Waals surface area contributed by atoms with Crippen LogP contribution in [0.15, 0.2) is 54.6 Å². The van der Waals surface area contributed by atoms with E-state index in [9.17, 15) is 19.5 Å². The first-order chi connectivity index (χ1) is 15.0. The summed E-state index contributed by atoms with van der Waals surface area (Å²) in [4.78, 5) is 41.3. The highest BCUT2D eigenvalue weighted by Gasteiger charge is 2.41. The standard InChI is InChI=1S/C25H28N2O4/c28-23(14-6-10-18-8-2-1-3-9-18)27-17-20-12-5-4-11-19(20)16-22(27)24(29)26-15-7-13-21(26)25(30)31/h1-5,8-9,11-12,21-22H,6-7,10,13-17H2,(H,30,31)/t21-,22-/m0/s1. The summed E-state index contributed by atoms with van der Waals surface area (Å²) in [5, 5.41) is 9.51. The Hall–Kier alpha value is -3.15. The van der Waals surface area contributed by atoms with Gasteiger partial charge in [0.2, 0.25) is 11.8 Å². The first-order valence-electron chi connectivity index (χ1n) is 11.0. The Morgan fingerprint density at radius 1 is 0.903 bits per heavy atom. The highest BCUT2D eigenvalue weighted by atomic mass is 16.4. The van der Waals surface area contributed by atoms with Gasteiger partial charge in [0.1, 0.15) is 12.1 Å². The van der Waals surface area contributed by atoms with Crippen LogP contribution in [0.5, 0.6) is 0 Å². The fourth-order valence-electron chi connectivity index (χ4n) is 4.72. The van der Waals surface area contributed by atoms with Crippen molar-refractivity contribution in [3.8, 4) is 0 Å². The van der Waals surface area contributed by atoms with Crippen molar-refractivity contribution < 1.29 is 19.5 Å². The van der Waals surface area contributed by atoms with Crippen LogP contribution in [-0.4, -0.2) is 51.3 Å². The van der Waals surface area contributed by atoms with Crippen molar-refractivity contribution >= 4 is 17.8 Å². The van der Waals surface area contributed by atoms with Crippen LogP contribution in [0.25, 0.3) is 0 Å². The van der Waals surface area contributed by atoms with Crippen molar-refractivity contribution in [3.63, 3.8) is 0 Å². The molecule has 1 N–H and O–H groups in total. The minimum Gasteiger partial charge on any atom is -0.480 e. The molecule has 2 aromatic rings. The number of amides is 2. The van der Waals surface area contributed by atoms with Crippen LogP contribution in [-0.2, 0) is 33.8 Å². The average Bonchev–Trinajstić information content (AvgIpc) is 3.29. The van der Waals surface area contributed by atoms with Gasteiger partial charge in [-0.15, -0.1) is 0 Å². The van der Waals surface area contributed by atoms with Gasteiger partial charge in [0.25, 0.3) is 0 Å². The Morgan fingerprint density at radius 3 is 2.35 bits per heavy atom. The maximum atomic E-state index is 13.4. The van der Waals surface area contributed by atoms with Gasteiger partial charge in [0.05, 0.1) is 0 Å². The second-order valence-corrected chi connectivity index (χ2v) is 8.38. The van der Waals surface area contributed by atoms with Gasteiger partial charge >= 0.3 is 5.97 Å². The predicted octanol–water partition coefficient (Wildman–Crippen LogP) is 3.04. The average molecular weight is 421 g/mol. The first kappa shape index (κ1) is 21.1. The zero-order valence-corrected chi connectivity index (χ0v) is 17.6. The van der Waals surface area contributed by atoms with Crippen molar-refractivity contribution in [2.24, 2.45) is 0 Å². The minimum absolute atomic E-state index is 0.0464. The van der Waals surface area contributed by atoms with Gasteiger partial charge in [-0.2, -0.15) is 0 Å². The summed E-state index contributed by atoms with van der Waals surface area (Å²) < 4.78 is 0. The lowest BCUT2D eigenvalue weighted by atomic mass is 9.92. The summed E-state index contributed by atoms with van der Waals surface area (Å²) in [5.74, 6) is -1.26. The maximum Gasteiger partial charge on any atom is 0.326 e. The van der Waals surface area contributed by atoms with E-state index in [0.717, 1.165) is 17.5 Å². The molecule has 1 fully saturated rings. The summed E-state index contributed by atoms with van der Waals surface area (Å²) in [7, 11) is 0. The summed E-state index contributed by atoms with van der Waals surface area (Å²) in [6.07, 6.45) is 3.46. The van der Waals surface area contributed by atoms with Gasteiger partial charge in [-0.1, -0.05) is 54.6 Å². The molecule has 0 saturated carbocycles. The van der Waals surface area contributed by atoms with Crippen LogP contribution in [0.3, 0.4) is 0 Å². The number of carboxylic acids is 1. The number of aliphatic carboxylic acids is 1. The number of hydrogen-bond donors (Lipinski definition) is 1. The zero-order valence-electron chi connectivity index (χ0n) is 17.6. The third-order valence-corrected chi connectivity index (χ3v) is 6.37. The van der Waals surface area contributed by atoms with Gasteiger partial charge < -0.3 is 14.9 Å². The van der Waals surface area contributed by atoms with E-state index in [2.05, 4.69) is 0 Å². The summed E-state index contributed by atoms with van der Waals surface area (Å²) in [6, 6.07) is 16.5. The molecule has 0 radical (unpaired) electrons. The fourth-order valence-corrected chi connectivity index (χ4v) is 4.72. The summed E-state index contributed by atoms with van der Waals surface area (Å²) >= 11 is 0. The fraction of sp³-hybridized carbons (Fsp3) is 0.400. The molecule has 2 heterocycles. The number of carbonyl (C=O) groups is 3. The number of rotatable bonds is 6. The maximum absolute atomic E-state index is 13.4. The molecule has 2 amide bonds. The van der Waals surface area contributed by atoms with E-state index >= 15 is 0 Å². The molecule has 1 saturated heterocycles. The molecule has 31 heavy (non-hydrogen) atoms. The zero-order chi connectivity index (χ0) is 21.8. The van der Waals surface area contributed by atoms with Crippen LogP contribution in [0.1, 0.15) is 42.4 Å². The van der Waals surface area contributed by atoms with Gasteiger partial charge in [0.15, 0.2) is 0 Å². The Labute approximate surface area is 182 Å².